The second-order valence-electron chi connectivity index (χ2n) is 6.12. The predicted molar refractivity (Wildman–Crippen MR) is 75.8 cm³/mol. The highest BCUT2D eigenvalue weighted by Gasteiger charge is 2.35. The molecule has 2 fully saturated rings. The summed E-state index contributed by atoms with van der Waals surface area (Å²) < 4.78 is 5.72. The number of hydrogen-bond donors (Lipinski definition) is 0. The van der Waals surface area contributed by atoms with Crippen LogP contribution in [0.1, 0.15) is 46.0 Å². The molecule has 100 valence electrons. The second-order valence-corrected chi connectivity index (χ2v) is 6.68. The Bertz CT molecular complexity index is 240. The molecule has 1 aliphatic heterocycles. The molecule has 0 bridgehead atoms. The Morgan fingerprint density at radius 2 is 1.94 bits per heavy atom. The molecule has 2 rings (SSSR count). The number of nitrogens with zero attached hydrogens (tertiary/aromatic N) is 1. The molecule has 1 heterocycles. The van der Waals surface area contributed by atoms with E-state index in [1.54, 1.807) is 0 Å². The van der Waals surface area contributed by atoms with Gasteiger partial charge in [-0.3, -0.25) is 4.90 Å². The zero-order chi connectivity index (χ0) is 12.3. The lowest BCUT2D eigenvalue weighted by molar-refractivity contribution is -0.0641. The largest absolute Gasteiger partial charge is 0.376 e. The standard InChI is InChI=1S/C14H26BrNO/c1-12-9-17-13(2)8-16(12)11-14(10-15)6-4-3-5-7-14/h12-13H,3-11H2,1-2H3. The van der Waals surface area contributed by atoms with Crippen LogP contribution in [0.15, 0.2) is 0 Å². The van der Waals surface area contributed by atoms with E-state index in [0.29, 0.717) is 17.6 Å². The van der Waals surface area contributed by atoms with Crippen LogP contribution >= 0.6 is 15.9 Å². The van der Waals surface area contributed by atoms with Crippen molar-refractivity contribution in [3.8, 4) is 0 Å². The Morgan fingerprint density at radius 3 is 2.59 bits per heavy atom. The van der Waals surface area contributed by atoms with Crippen LogP contribution in [0.3, 0.4) is 0 Å². The van der Waals surface area contributed by atoms with Crippen molar-refractivity contribution in [2.75, 3.05) is 25.0 Å². The van der Waals surface area contributed by atoms with Crippen molar-refractivity contribution in [2.24, 2.45) is 5.41 Å². The number of alkyl halides is 1. The van der Waals surface area contributed by atoms with E-state index in [2.05, 4.69) is 34.7 Å². The lowest BCUT2D eigenvalue weighted by atomic mass is 9.75. The number of morpholine rings is 1. The molecule has 0 radical (unpaired) electrons. The predicted octanol–water partition coefficient (Wildman–Crippen LogP) is 3.44. The molecule has 2 unspecified atom stereocenters. The molecular weight excluding hydrogens is 278 g/mol. The van der Waals surface area contributed by atoms with Gasteiger partial charge in [-0.2, -0.15) is 0 Å². The maximum Gasteiger partial charge on any atom is 0.0674 e. The summed E-state index contributed by atoms with van der Waals surface area (Å²) >= 11 is 3.77. The zero-order valence-corrected chi connectivity index (χ0v) is 12.8. The molecule has 3 heteroatoms. The first-order valence-corrected chi connectivity index (χ1v) is 8.19. The highest BCUT2D eigenvalue weighted by atomic mass is 79.9. The number of rotatable bonds is 3. The van der Waals surface area contributed by atoms with E-state index < -0.39 is 0 Å². The van der Waals surface area contributed by atoms with Crippen molar-refractivity contribution < 1.29 is 4.74 Å². The summed E-state index contributed by atoms with van der Waals surface area (Å²) in [5.74, 6) is 0. The van der Waals surface area contributed by atoms with Gasteiger partial charge in [-0.25, -0.2) is 0 Å². The molecule has 1 saturated heterocycles. The number of halogens is 1. The highest BCUT2D eigenvalue weighted by molar-refractivity contribution is 9.09. The summed E-state index contributed by atoms with van der Waals surface area (Å²) in [4.78, 5) is 2.65. The van der Waals surface area contributed by atoms with Gasteiger partial charge in [-0.1, -0.05) is 35.2 Å². The minimum Gasteiger partial charge on any atom is -0.376 e. The van der Waals surface area contributed by atoms with Gasteiger partial charge in [0.2, 0.25) is 0 Å². The summed E-state index contributed by atoms with van der Waals surface area (Å²) in [7, 11) is 0. The maximum atomic E-state index is 5.72. The first-order valence-electron chi connectivity index (χ1n) is 7.07. The highest BCUT2D eigenvalue weighted by Crippen LogP contribution is 2.39. The fourth-order valence-corrected chi connectivity index (χ4v) is 4.00. The molecular formula is C14H26BrNO. The first kappa shape index (κ1) is 13.8. The molecule has 0 aromatic rings. The first-order chi connectivity index (χ1) is 8.15. The van der Waals surface area contributed by atoms with Crippen LogP contribution in [-0.4, -0.2) is 42.1 Å². The molecule has 2 aliphatic rings. The van der Waals surface area contributed by atoms with Gasteiger partial charge >= 0.3 is 0 Å². The third-order valence-electron chi connectivity index (χ3n) is 4.47. The van der Waals surface area contributed by atoms with Gasteiger partial charge in [0, 0.05) is 24.5 Å². The van der Waals surface area contributed by atoms with Gasteiger partial charge in [0.15, 0.2) is 0 Å². The van der Waals surface area contributed by atoms with Crippen LogP contribution in [0.25, 0.3) is 0 Å². The molecule has 1 saturated carbocycles. The molecule has 0 aromatic heterocycles. The Kier molecular flexibility index (Phi) is 4.90. The average Bonchev–Trinajstić information content (AvgIpc) is 2.35. The van der Waals surface area contributed by atoms with Gasteiger partial charge < -0.3 is 4.74 Å². The van der Waals surface area contributed by atoms with Gasteiger partial charge in [0.05, 0.1) is 12.7 Å². The lowest BCUT2D eigenvalue weighted by Gasteiger charge is -2.45. The molecule has 2 nitrogen and oxygen atoms in total. The summed E-state index contributed by atoms with van der Waals surface area (Å²) in [5.41, 5.74) is 0.531. The third kappa shape index (κ3) is 3.45. The van der Waals surface area contributed by atoms with E-state index >= 15 is 0 Å². The SMILES string of the molecule is CC1CN(CC2(CBr)CCCCC2)C(C)CO1. The molecule has 0 spiro atoms. The summed E-state index contributed by atoms with van der Waals surface area (Å²) in [5, 5.41) is 1.17. The van der Waals surface area contributed by atoms with Gasteiger partial charge in [0.1, 0.15) is 0 Å². The van der Waals surface area contributed by atoms with E-state index in [-0.39, 0.29) is 0 Å². The third-order valence-corrected chi connectivity index (χ3v) is 5.66. The molecule has 0 aromatic carbocycles. The van der Waals surface area contributed by atoms with Crippen LogP contribution in [0, 0.1) is 5.41 Å². The van der Waals surface area contributed by atoms with Crippen LogP contribution in [0.4, 0.5) is 0 Å². The van der Waals surface area contributed by atoms with Crippen LogP contribution in [0.2, 0.25) is 0 Å². The van der Waals surface area contributed by atoms with E-state index in [1.165, 1.54) is 44.0 Å². The zero-order valence-electron chi connectivity index (χ0n) is 11.3. The monoisotopic (exact) mass is 303 g/mol. The van der Waals surface area contributed by atoms with Crippen molar-refractivity contribution in [1.29, 1.82) is 0 Å². The second kappa shape index (κ2) is 6.03. The van der Waals surface area contributed by atoms with Gasteiger partial charge in [-0.05, 0) is 32.1 Å². The van der Waals surface area contributed by atoms with Gasteiger partial charge in [-0.15, -0.1) is 0 Å². The van der Waals surface area contributed by atoms with Crippen molar-refractivity contribution in [2.45, 2.75) is 58.1 Å². The summed E-state index contributed by atoms with van der Waals surface area (Å²) in [6, 6.07) is 0.587. The molecule has 0 N–H and O–H groups in total. The van der Waals surface area contributed by atoms with Crippen LogP contribution in [0.5, 0.6) is 0 Å². The van der Waals surface area contributed by atoms with E-state index in [1.807, 2.05) is 0 Å². The van der Waals surface area contributed by atoms with E-state index in [9.17, 15) is 0 Å². The lowest BCUT2D eigenvalue weighted by Crippen LogP contribution is -2.52. The Morgan fingerprint density at radius 1 is 1.24 bits per heavy atom. The van der Waals surface area contributed by atoms with Crippen LogP contribution < -0.4 is 0 Å². The van der Waals surface area contributed by atoms with Crippen molar-refractivity contribution in [3.05, 3.63) is 0 Å². The summed E-state index contributed by atoms with van der Waals surface area (Å²) in [6.07, 6.45) is 7.47. The summed E-state index contributed by atoms with van der Waals surface area (Å²) in [6.45, 7) is 7.76. The van der Waals surface area contributed by atoms with Crippen molar-refractivity contribution in [1.82, 2.24) is 4.90 Å². The van der Waals surface area contributed by atoms with Crippen molar-refractivity contribution in [3.63, 3.8) is 0 Å². The number of ether oxygens (including phenoxy) is 1. The fraction of sp³-hybridized carbons (Fsp3) is 1.00. The minimum atomic E-state index is 0.405. The number of hydrogen-bond acceptors (Lipinski definition) is 2. The average molecular weight is 304 g/mol. The molecule has 0 amide bonds. The van der Waals surface area contributed by atoms with E-state index in [4.69, 9.17) is 4.74 Å². The Balaban J connectivity index is 1.96. The fourth-order valence-electron chi connectivity index (χ4n) is 3.26. The normalized spacial score (nSPS) is 34.8. The quantitative estimate of drug-likeness (QED) is 0.741. The van der Waals surface area contributed by atoms with Crippen molar-refractivity contribution >= 4 is 15.9 Å². The topological polar surface area (TPSA) is 12.5 Å². The van der Waals surface area contributed by atoms with Crippen LogP contribution in [-0.2, 0) is 4.74 Å². The maximum absolute atomic E-state index is 5.72. The Hall–Kier alpha value is 0.400. The molecule has 17 heavy (non-hydrogen) atoms. The van der Waals surface area contributed by atoms with E-state index in [0.717, 1.165) is 13.2 Å². The molecule has 1 aliphatic carbocycles. The minimum absolute atomic E-state index is 0.405. The Labute approximate surface area is 114 Å². The van der Waals surface area contributed by atoms with Gasteiger partial charge in [0.25, 0.3) is 0 Å². The molecule has 2 atom stereocenters. The smallest absolute Gasteiger partial charge is 0.0674 e.